The van der Waals surface area contributed by atoms with Gasteiger partial charge in [-0.2, -0.15) is 0 Å². The summed E-state index contributed by atoms with van der Waals surface area (Å²) >= 11 is 0. The molecular formula is C4H7BY43-. The standard InChI is InChI=1S/C4H7.B.43Y/c1-4(2)3;;;;;;;;;;;;;;;;;;;;;;;;;;;;;;;;;;;;;;;;;;;;/h1H,2-3H3;;;;;;;;;;;;;;;;;;;;;;;;;;;;;;;;;;;;;;;;;;;;/q-1;;;;;;;;;;;;;;;;;;;;;;;;;;;;;;;;;;;;;;;;;;;;. The summed E-state index contributed by atoms with van der Waals surface area (Å²) in [6.07, 6.45) is 0. The molecule has 0 N–H and O–H groups in total. The Morgan fingerprint density at radius 3 is 0.167 bits per heavy atom. The van der Waals surface area contributed by atoms with Crippen LogP contribution >= 0.6 is 0 Å². The van der Waals surface area contributed by atoms with E-state index in [4.69, 9.17) is 6.58 Å². The fourth-order valence-corrected chi connectivity index (χ4v) is 0. The van der Waals surface area contributed by atoms with Gasteiger partial charge in [0.2, 0.25) is 0 Å². The van der Waals surface area contributed by atoms with E-state index in [1.165, 1.54) is 0 Å². The van der Waals surface area contributed by atoms with E-state index in [9.17, 15) is 0 Å². The molecule has 0 aromatic heterocycles. The maximum Gasteiger partial charge on any atom is 0 e. The van der Waals surface area contributed by atoms with Gasteiger partial charge in [0.05, 0.1) is 0 Å². The van der Waals surface area contributed by atoms with Gasteiger partial charge < -0.3 is 6.58 Å². The molecule has 0 aromatic carbocycles. The Hall–Kier alpha value is 47.3. The Kier molecular flexibility index (Phi) is 2260. The fourth-order valence-electron chi connectivity index (χ4n) is 0. The van der Waals surface area contributed by atoms with Crippen molar-refractivity contribution in [1.29, 1.82) is 0 Å². The third kappa shape index (κ3) is 355. The Morgan fingerprint density at radius 2 is 0.167 bits per heavy atom. The SMILES string of the molecule is [B].[CH-]=C(C)C.[Y].[Y].[Y].[Y].[Y].[Y].[Y].[Y].[Y].[Y].[Y].[Y].[Y].[Y].[Y].[Y].[Y].[Y].[Y].[Y].[Y].[Y].[Y].[Y].[Y].[Y].[Y].[Y].[Y].[Y].[Y].[Y].[Y].[Y].[Y].[Y].[Y].[Y].[Y].[Y].[Y].[Y].[Y]. The monoisotopic (exact) mass is 3890 g/mol. The van der Waals surface area contributed by atoms with Crippen molar-refractivity contribution < 1.29 is 1410 Å². The van der Waals surface area contributed by atoms with E-state index in [-0.39, 0.29) is 1410 Å². The summed E-state index contributed by atoms with van der Waals surface area (Å²) in [5.74, 6) is 0. The van der Waals surface area contributed by atoms with Gasteiger partial charge in [-0.3, -0.25) is 5.57 Å². The molecule has 0 fully saturated rings. The molecule has 46 radical (unpaired) electrons. The van der Waals surface area contributed by atoms with Crippen LogP contribution in [0.3, 0.4) is 0 Å². The molecule has 0 aromatic rings. The van der Waals surface area contributed by atoms with Gasteiger partial charge in [-0.05, 0) is 0 Å². The first-order valence-electron chi connectivity index (χ1n) is 1.29. The second-order valence-corrected chi connectivity index (χ2v) is 1.08. The minimum atomic E-state index is 0. The first-order chi connectivity index (χ1) is 1.73. The van der Waals surface area contributed by atoms with Crippen LogP contribution in [0.2, 0.25) is 0 Å². The quantitative estimate of drug-likeness (QED) is 0.251. The summed E-state index contributed by atoms with van der Waals surface area (Å²) in [6, 6.07) is 0. The molecule has 44 heteroatoms. The molecule has 0 nitrogen and oxygen atoms in total. The zero-order chi connectivity index (χ0) is 3.58. The second kappa shape index (κ2) is 325. The van der Waals surface area contributed by atoms with Crippen LogP contribution < -0.4 is 0 Å². The molecule has 156 valence electrons. The minimum absolute atomic E-state index is 0. The summed E-state index contributed by atoms with van der Waals surface area (Å²) in [7, 11) is 0. The summed E-state index contributed by atoms with van der Waals surface area (Å²) in [5.41, 5.74) is 0.917. The Balaban J connectivity index is -0.0000000000476. The average Bonchev–Trinajstić information content (AvgIpc) is 0.811. The number of allylic oxidation sites excluding steroid dienone is 1. The van der Waals surface area contributed by atoms with Crippen molar-refractivity contribution in [3.63, 3.8) is 0 Å². The van der Waals surface area contributed by atoms with Gasteiger partial charge in [0.1, 0.15) is 0 Å². The van der Waals surface area contributed by atoms with Crippen LogP contribution in [0.1, 0.15) is 13.8 Å². The van der Waals surface area contributed by atoms with Crippen molar-refractivity contribution in [1.82, 2.24) is 0 Å². The Morgan fingerprint density at radius 1 is 0.167 bits per heavy atom. The van der Waals surface area contributed by atoms with E-state index in [1.807, 2.05) is 13.8 Å². The van der Waals surface area contributed by atoms with Gasteiger partial charge in [-0.15, -0.1) is 0 Å². The van der Waals surface area contributed by atoms with E-state index in [1.54, 1.807) is 0 Å². The molecule has 0 unspecified atom stereocenters. The van der Waals surface area contributed by atoms with E-state index in [0.717, 1.165) is 5.57 Å². The molecule has 0 spiro atoms. The van der Waals surface area contributed by atoms with Crippen molar-refractivity contribution in [2.45, 2.75) is 13.8 Å². The molecule has 0 saturated carbocycles. The Labute approximate surface area is 1380 Å². The number of hydrogen-bond acceptors (Lipinski definition) is 0. The first-order valence-corrected chi connectivity index (χ1v) is 1.29. The number of rotatable bonds is 0. The van der Waals surface area contributed by atoms with Gasteiger partial charge in [0, 0.05) is 1410 Å². The molecule has 0 amide bonds. The zero-order valence-electron chi connectivity index (χ0n) is 28.5. The van der Waals surface area contributed by atoms with Crippen LogP contribution in [0.15, 0.2) is 5.57 Å². The van der Waals surface area contributed by atoms with Crippen molar-refractivity contribution in [3.8, 4) is 0 Å². The van der Waals surface area contributed by atoms with Gasteiger partial charge in [-0.25, -0.2) is 0 Å². The summed E-state index contributed by atoms with van der Waals surface area (Å²) < 4.78 is 0. The maximum absolute atomic E-state index is 5.03. The van der Waals surface area contributed by atoms with Crippen LogP contribution in [0, 0.1) is 6.58 Å². The molecule has 0 heterocycles. The molecule has 0 aliphatic rings. The molecule has 0 aliphatic carbocycles. The molecule has 48 heavy (non-hydrogen) atoms. The van der Waals surface area contributed by atoms with Crippen molar-refractivity contribution >= 4 is 8.41 Å². The molecule has 0 atom stereocenters. The largest absolute Gasteiger partial charge is 0.515 e. The molecule has 0 rings (SSSR count). The van der Waals surface area contributed by atoms with Gasteiger partial charge in [0.25, 0.3) is 0 Å². The summed E-state index contributed by atoms with van der Waals surface area (Å²) in [6.45, 7) is 8.75. The third-order valence-corrected chi connectivity index (χ3v) is 0. The molecule has 0 bridgehead atoms. The third-order valence-electron chi connectivity index (χ3n) is 0. The molecule has 0 aliphatic heterocycles. The Bertz CT molecular complexity index is 49.8. The maximum atomic E-state index is 5.03. The van der Waals surface area contributed by atoms with Gasteiger partial charge in [0.15, 0.2) is 0 Å². The van der Waals surface area contributed by atoms with Crippen LogP contribution in [0.5, 0.6) is 0 Å². The van der Waals surface area contributed by atoms with Gasteiger partial charge >= 0.3 is 0 Å². The van der Waals surface area contributed by atoms with E-state index < -0.39 is 0 Å². The van der Waals surface area contributed by atoms with Crippen LogP contribution in [0.4, 0.5) is 0 Å². The van der Waals surface area contributed by atoms with E-state index in [2.05, 4.69) is 0 Å². The fraction of sp³-hybridized carbons (Fsp3) is 0.500. The predicted molar refractivity (Wildman–Crippen MR) is 24.9 cm³/mol. The zero-order valence-corrected chi connectivity index (χ0v) is 151. The van der Waals surface area contributed by atoms with Crippen LogP contribution in [-0.4, -0.2) is 8.41 Å². The van der Waals surface area contributed by atoms with Crippen molar-refractivity contribution in [2.24, 2.45) is 0 Å². The van der Waals surface area contributed by atoms with Crippen molar-refractivity contribution in [2.75, 3.05) is 0 Å². The summed E-state index contributed by atoms with van der Waals surface area (Å²) in [5, 5.41) is 0. The minimum Gasteiger partial charge on any atom is -0.515 e. The second-order valence-electron chi connectivity index (χ2n) is 1.08. The van der Waals surface area contributed by atoms with Crippen molar-refractivity contribution in [3.05, 3.63) is 12.2 Å². The summed E-state index contributed by atoms with van der Waals surface area (Å²) in [4.78, 5) is 0. The molecular weight excluding hydrogens is 3880 g/mol. The number of hydrogen-bond donors (Lipinski definition) is 0. The topological polar surface area (TPSA) is 0 Å². The van der Waals surface area contributed by atoms with Gasteiger partial charge in [-0.1, -0.05) is 13.8 Å². The average molecular weight is 3890 g/mol. The normalized spacial score (nSPS) is 0.542. The predicted octanol–water partition coefficient (Wildman–Crippen LogP) is 0.897. The molecule has 0 saturated heterocycles. The van der Waals surface area contributed by atoms with Crippen LogP contribution in [0.25, 0.3) is 0 Å². The van der Waals surface area contributed by atoms with E-state index in [0.29, 0.717) is 0 Å². The first kappa shape index (κ1) is 335. The van der Waals surface area contributed by atoms with Crippen LogP contribution in [-0.2, 0) is 1410 Å². The smallest absolute Gasteiger partial charge is 0 e. The van der Waals surface area contributed by atoms with E-state index >= 15 is 0 Å².